The largest absolute Gasteiger partial charge is 0.352 e. The van der Waals surface area contributed by atoms with E-state index < -0.39 is 5.82 Å². The SMILES string of the molecule is CCC(C)Nc1ncc(F)cn1. The fourth-order valence-corrected chi connectivity index (χ4v) is 0.709. The highest BCUT2D eigenvalue weighted by atomic mass is 19.1. The molecule has 1 heterocycles. The van der Waals surface area contributed by atoms with Gasteiger partial charge in [0.1, 0.15) is 0 Å². The smallest absolute Gasteiger partial charge is 0.222 e. The minimum Gasteiger partial charge on any atom is -0.352 e. The van der Waals surface area contributed by atoms with Crippen molar-refractivity contribution in [3.05, 3.63) is 18.2 Å². The van der Waals surface area contributed by atoms with Crippen LogP contribution >= 0.6 is 0 Å². The normalized spacial score (nSPS) is 12.6. The highest BCUT2D eigenvalue weighted by Gasteiger charge is 2.00. The minimum atomic E-state index is -0.412. The number of anilines is 1. The Kier molecular flexibility index (Phi) is 2.96. The van der Waals surface area contributed by atoms with E-state index in [4.69, 9.17) is 0 Å². The summed E-state index contributed by atoms with van der Waals surface area (Å²) in [5.74, 6) is 0.0652. The Morgan fingerprint density at radius 2 is 2.08 bits per heavy atom. The molecule has 1 aromatic rings. The molecule has 0 saturated heterocycles. The molecule has 0 saturated carbocycles. The third-order valence-corrected chi connectivity index (χ3v) is 1.61. The summed E-state index contributed by atoms with van der Waals surface area (Å²) in [5.41, 5.74) is 0. The van der Waals surface area contributed by atoms with Gasteiger partial charge in [0, 0.05) is 6.04 Å². The minimum absolute atomic E-state index is 0.315. The van der Waals surface area contributed by atoms with Crippen molar-refractivity contribution < 1.29 is 4.39 Å². The van der Waals surface area contributed by atoms with Gasteiger partial charge in [0.2, 0.25) is 5.95 Å². The molecule has 1 rings (SSSR count). The van der Waals surface area contributed by atoms with Crippen LogP contribution in [0.15, 0.2) is 12.4 Å². The van der Waals surface area contributed by atoms with Crippen molar-refractivity contribution in [2.24, 2.45) is 0 Å². The topological polar surface area (TPSA) is 37.8 Å². The molecule has 0 aliphatic rings. The van der Waals surface area contributed by atoms with Crippen molar-refractivity contribution in [1.29, 1.82) is 0 Å². The zero-order valence-electron chi connectivity index (χ0n) is 7.21. The van der Waals surface area contributed by atoms with Crippen molar-refractivity contribution in [3.63, 3.8) is 0 Å². The molecule has 0 amide bonds. The Labute approximate surface area is 71.0 Å². The third-order valence-electron chi connectivity index (χ3n) is 1.61. The third kappa shape index (κ3) is 2.45. The second-order valence-electron chi connectivity index (χ2n) is 2.68. The summed E-state index contributed by atoms with van der Waals surface area (Å²) in [6, 6.07) is 0.315. The van der Waals surface area contributed by atoms with Crippen molar-refractivity contribution in [2.45, 2.75) is 26.3 Å². The van der Waals surface area contributed by atoms with Crippen LogP contribution in [0.4, 0.5) is 10.3 Å². The highest BCUT2D eigenvalue weighted by Crippen LogP contribution is 2.01. The summed E-state index contributed by atoms with van der Waals surface area (Å²) in [7, 11) is 0. The van der Waals surface area contributed by atoms with Crippen LogP contribution in [0.5, 0.6) is 0 Å². The molecule has 1 aromatic heterocycles. The van der Waals surface area contributed by atoms with Crippen LogP contribution in [-0.2, 0) is 0 Å². The summed E-state index contributed by atoms with van der Waals surface area (Å²) in [4.78, 5) is 7.54. The van der Waals surface area contributed by atoms with Crippen LogP contribution in [0.2, 0.25) is 0 Å². The quantitative estimate of drug-likeness (QED) is 0.750. The van der Waals surface area contributed by atoms with Crippen molar-refractivity contribution in [3.8, 4) is 0 Å². The first-order chi connectivity index (χ1) is 5.72. The number of halogens is 1. The number of nitrogens with one attached hydrogen (secondary N) is 1. The maximum Gasteiger partial charge on any atom is 0.222 e. The fourth-order valence-electron chi connectivity index (χ4n) is 0.709. The number of hydrogen-bond donors (Lipinski definition) is 1. The summed E-state index contributed by atoms with van der Waals surface area (Å²) in [6.07, 6.45) is 3.29. The Bertz CT molecular complexity index is 235. The van der Waals surface area contributed by atoms with Gasteiger partial charge in [0.15, 0.2) is 5.82 Å². The lowest BCUT2D eigenvalue weighted by Crippen LogP contribution is -2.15. The van der Waals surface area contributed by atoms with Gasteiger partial charge in [0.05, 0.1) is 12.4 Å². The van der Waals surface area contributed by atoms with Crippen LogP contribution in [0.25, 0.3) is 0 Å². The standard InChI is InChI=1S/C8H12FN3/c1-3-6(2)12-8-10-4-7(9)5-11-8/h4-6H,3H2,1-2H3,(H,10,11,12). The molecule has 0 fully saturated rings. The first kappa shape index (κ1) is 8.90. The first-order valence-electron chi connectivity index (χ1n) is 3.96. The molecule has 12 heavy (non-hydrogen) atoms. The van der Waals surface area contributed by atoms with Crippen molar-refractivity contribution in [1.82, 2.24) is 9.97 Å². The predicted octanol–water partition coefficient (Wildman–Crippen LogP) is 1.83. The summed E-state index contributed by atoms with van der Waals surface area (Å²) < 4.78 is 12.4. The van der Waals surface area contributed by atoms with E-state index in [0.717, 1.165) is 18.8 Å². The van der Waals surface area contributed by atoms with Crippen LogP contribution in [0.1, 0.15) is 20.3 Å². The maximum atomic E-state index is 12.4. The molecular formula is C8H12FN3. The highest BCUT2D eigenvalue weighted by molar-refractivity contribution is 5.23. The zero-order valence-corrected chi connectivity index (χ0v) is 7.21. The molecular weight excluding hydrogens is 157 g/mol. The summed E-state index contributed by atoms with van der Waals surface area (Å²) in [5, 5.41) is 3.03. The lowest BCUT2D eigenvalue weighted by atomic mass is 10.3. The van der Waals surface area contributed by atoms with Crippen LogP contribution in [0, 0.1) is 5.82 Å². The molecule has 1 atom stereocenters. The van der Waals surface area contributed by atoms with E-state index in [-0.39, 0.29) is 0 Å². The Balaban J connectivity index is 2.58. The van der Waals surface area contributed by atoms with Gasteiger partial charge >= 0.3 is 0 Å². The lowest BCUT2D eigenvalue weighted by molar-refractivity contribution is 0.613. The lowest BCUT2D eigenvalue weighted by Gasteiger charge is -2.09. The molecule has 0 bridgehead atoms. The molecule has 0 aliphatic carbocycles. The van der Waals surface area contributed by atoms with E-state index in [1.165, 1.54) is 0 Å². The molecule has 1 unspecified atom stereocenters. The second-order valence-corrected chi connectivity index (χ2v) is 2.68. The zero-order chi connectivity index (χ0) is 8.97. The van der Waals surface area contributed by atoms with Gasteiger partial charge in [-0.05, 0) is 13.3 Å². The maximum absolute atomic E-state index is 12.4. The summed E-state index contributed by atoms with van der Waals surface area (Å²) in [6.45, 7) is 4.08. The molecule has 4 heteroatoms. The molecule has 0 spiro atoms. The second kappa shape index (κ2) is 3.99. The predicted molar refractivity (Wildman–Crippen MR) is 45.4 cm³/mol. The van der Waals surface area contributed by atoms with E-state index >= 15 is 0 Å². The van der Waals surface area contributed by atoms with Crippen LogP contribution in [0.3, 0.4) is 0 Å². The molecule has 0 aliphatic heterocycles. The van der Waals surface area contributed by atoms with Gasteiger partial charge in [-0.3, -0.25) is 0 Å². The van der Waals surface area contributed by atoms with Gasteiger partial charge in [-0.2, -0.15) is 0 Å². The number of aromatic nitrogens is 2. The molecule has 0 radical (unpaired) electrons. The van der Waals surface area contributed by atoms with E-state index in [9.17, 15) is 4.39 Å². The number of rotatable bonds is 3. The van der Waals surface area contributed by atoms with Gasteiger partial charge in [-0.25, -0.2) is 14.4 Å². The molecule has 0 aromatic carbocycles. The Morgan fingerprint density at radius 3 is 2.58 bits per heavy atom. The van der Waals surface area contributed by atoms with Gasteiger partial charge in [-0.1, -0.05) is 6.92 Å². The Morgan fingerprint density at radius 1 is 1.50 bits per heavy atom. The fraction of sp³-hybridized carbons (Fsp3) is 0.500. The number of hydrogen-bond acceptors (Lipinski definition) is 3. The molecule has 66 valence electrons. The number of nitrogens with zero attached hydrogens (tertiary/aromatic N) is 2. The van der Waals surface area contributed by atoms with E-state index in [0.29, 0.717) is 12.0 Å². The molecule has 1 N–H and O–H groups in total. The van der Waals surface area contributed by atoms with Crippen LogP contribution in [-0.4, -0.2) is 16.0 Å². The Hall–Kier alpha value is -1.19. The monoisotopic (exact) mass is 169 g/mol. The average Bonchev–Trinajstić information content (AvgIpc) is 2.09. The van der Waals surface area contributed by atoms with Crippen molar-refractivity contribution in [2.75, 3.05) is 5.32 Å². The van der Waals surface area contributed by atoms with E-state index in [1.807, 2.05) is 6.92 Å². The molecule has 3 nitrogen and oxygen atoms in total. The van der Waals surface area contributed by atoms with Crippen LogP contribution < -0.4 is 5.32 Å². The van der Waals surface area contributed by atoms with E-state index in [1.54, 1.807) is 0 Å². The van der Waals surface area contributed by atoms with E-state index in [2.05, 4.69) is 22.2 Å². The van der Waals surface area contributed by atoms with Gasteiger partial charge in [0.25, 0.3) is 0 Å². The van der Waals surface area contributed by atoms with Crippen molar-refractivity contribution >= 4 is 5.95 Å². The van der Waals surface area contributed by atoms with Gasteiger partial charge in [-0.15, -0.1) is 0 Å². The van der Waals surface area contributed by atoms with Gasteiger partial charge < -0.3 is 5.32 Å². The summed E-state index contributed by atoms with van der Waals surface area (Å²) >= 11 is 0. The first-order valence-corrected chi connectivity index (χ1v) is 3.96. The average molecular weight is 169 g/mol.